The summed E-state index contributed by atoms with van der Waals surface area (Å²) in [7, 11) is 1.40. The summed E-state index contributed by atoms with van der Waals surface area (Å²) in [4.78, 5) is 39.8. The number of para-hydroxylation sites is 1. The van der Waals surface area contributed by atoms with Crippen LogP contribution in [0, 0.1) is 17.2 Å². The Hall–Kier alpha value is -3.21. The second-order valence-electron chi connectivity index (χ2n) is 8.48. The predicted molar refractivity (Wildman–Crippen MR) is 109 cm³/mol. The van der Waals surface area contributed by atoms with E-state index < -0.39 is 34.9 Å². The fourth-order valence-electron chi connectivity index (χ4n) is 4.35. The molecule has 2 aliphatic rings. The number of amides is 3. The van der Waals surface area contributed by atoms with Crippen molar-refractivity contribution in [2.75, 3.05) is 18.9 Å². The van der Waals surface area contributed by atoms with Crippen LogP contribution in [0.3, 0.4) is 0 Å². The number of carbonyl (C=O) groups excluding carboxylic acids is 3. The molecule has 1 aromatic rings. The minimum atomic E-state index is -1.74. The largest absolute Gasteiger partial charge is 0.355 e. The van der Waals surface area contributed by atoms with Gasteiger partial charge in [-0.1, -0.05) is 24.8 Å². The number of anilines is 1. The van der Waals surface area contributed by atoms with Gasteiger partial charge in [0.05, 0.1) is 17.4 Å². The van der Waals surface area contributed by atoms with Crippen LogP contribution in [0.15, 0.2) is 36.4 Å². The van der Waals surface area contributed by atoms with Gasteiger partial charge in [-0.15, -0.1) is 0 Å². The van der Waals surface area contributed by atoms with Crippen molar-refractivity contribution in [3.8, 4) is 6.07 Å². The van der Waals surface area contributed by atoms with E-state index in [-0.39, 0.29) is 30.9 Å². The number of alkyl halides is 1. The Morgan fingerprint density at radius 3 is 2.73 bits per heavy atom. The second-order valence-corrected chi connectivity index (χ2v) is 8.48. The summed E-state index contributed by atoms with van der Waals surface area (Å²) in [5.41, 5.74) is -1.46. The van der Waals surface area contributed by atoms with Crippen molar-refractivity contribution in [1.29, 1.82) is 5.26 Å². The van der Waals surface area contributed by atoms with E-state index in [4.69, 9.17) is 0 Å². The molecule has 8 heteroatoms. The number of benzene rings is 1. The van der Waals surface area contributed by atoms with Crippen LogP contribution in [0.1, 0.15) is 32.3 Å². The van der Waals surface area contributed by atoms with Crippen LogP contribution in [0.4, 0.5) is 10.1 Å². The van der Waals surface area contributed by atoms with Gasteiger partial charge in [-0.3, -0.25) is 14.4 Å². The number of nitriles is 1. The molecule has 1 fully saturated rings. The maximum atomic E-state index is 14.5. The Morgan fingerprint density at radius 1 is 1.47 bits per heavy atom. The molecule has 0 aromatic heterocycles. The second kappa shape index (κ2) is 7.56. The van der Waals surface area contributed by atoms with Gasteiger partial charge in [0.25, 0.3) is 0 Å². The summed E-state index contributed by atoms with van der Waals surface area (Å²) in [5.74, 6) is -2.55. The molecule has 2 N–H and O–H groups in total. The van der Waals surface area contributed by atoms with Crippen molar-refractivity contribution in [2.24, 2.45) is 5.92 Å². The highest BCUT2D eigenvalue weighted by Crippen LogP contribution is 2.47. The third kappa shape index (κ3) is 3.56. The Bertz CT molecular complexity index is 962. The number of nitrogens with one attached hydrogen (secondary N) is 2. The van der Waals surface area contributed by atoms with E-state index in [1.165, 1.54) is 25.8 Å². The smallest absolute Gasteiger partial charge is 0.247 e. The number of halogens is 1. The molecule has 1 aromatic carbocycles. The van der Waals surface area contributed by atoms with Crippen molar-refractivity contribution < 1.29 is 18.8 Å². The summed E-state index contributed by atoms with van der Waals surface area (Å²) in [5, 5.41) is 15.0. The van der Waals surface area contributed by atoms with Gasteiger partial charge in [0, 0.05) is 31.3 Å². The number of carbonyl (C=O) groups is 3. The van der Waals surface area contributed by atoms with Gasteiger partial charge in [0.1, 0.15) is 11.7 Å². The van der Waals surface area contributed by atoms with E-state index in [1.807, 2.05) is 0 Å². The summed E-state index contributed by atoms with van der Waals surface area (Å²) in [6.45, 7) is 6.32. The average molecular weight is 412 g/mol. The molecule has 1 saturated heterocycles. The Morgan fingerprint density at radius 2 is 2.13 bits per heavy atom. The molecular formula is C22H25FN4O3. The van der Waals surface area contributed by atoms with Crippen molar-refractivity contribution in [3.05, 3.63) is 42.0 Å². The molecule has 30 heavy (non-hydrogen) atoms. The molecule has 7 nitrogen and oxygen atoms in total. The zero-order valence-electron chi connectivity index (χ0n) is 17.3. The minimum absolute atomic E-state index is 0.0167. The standard InChI is InChI=1S/C22H25FN4O3/c1-13(18(28)25-4)15(10-21(2,3)23)19(29)27-12-22(9-14(27)11-24)16-7-5-6-8-17(16)26-20(22)30/h5-8,14-15H,1,9-10,12H2,2-4H3,(H,25,28)(H,26,30)/t14-,15-,22-/m0/s1. The Balaban J connectivity index is 1.98. The van der Waals surface area contributed by atoms with E-state index in [1.54, 1.807) is 24.3 Å². The Kier molecular flexibility index (Phi) is 5.42. The number of rotatable bonds is 5. The SMILES string of the molecule is C=C(C(=O)NC)[C@H](CC(C)(C)F)C(=O)N1C[C@]2(C[C@H]1C#N)C(=O)Nc1ccccc12. The first kappa shape index (κ1) is 21.5. The van der Waals surface area contributed by atoms with Crippen LogP contribution in [-0.2, 0) is 19.8 Å². The molecule has 3 atom stereocenters. The molecular weight excluding hydrogens is 387 g/mol. The number of likely N-dealkylation sites (N-methyl/N-ethyl adjacent to an activating group) is 1. The van der Waals surface area contributed by atoms with Gasteiger partial charge in [-0.05, 0) is 31.9 Å². The van der Waals surface area contributed by atoms with Gasteiger partial charge in [0.2, 0.25) is 17.7 Å². The summed E-state index contributed by atoms with van der Waals surface area (Å²) >= 11 is 0. The zero-order valence-corrected chi connectivity index (χ0v) is 17.3. The quantitative estimate of drug-likeness (QED) is 0.723. The molecule has 1 spiro atoms. The monoisotopic (exact) mass is 412 g/mol. The lowest BCUT2D eigenvalue weighted by molar-refractivity contribution is -0.137. The number of likely N-dealkylation sites (tertiary alicyclic amines) is 1. The van der Waals surface area contributed by atoms with Crippen molar-refractivity contribution in [2.45, 2.75) is 43.8 Å². The van der Waals surface area contributed by atoms with Gasteiger partial charge in [-0.25, -0.2) is 4.39 Å². The van der Waals surface area contributed by atoms with Crippen molar-refractivity contribution in [1.82, 2.24) is 10.2 Å². The Labute approximate surface area is 174 Å². The molecule has 0 radical (unpaired) electrons. The number of nitrogens with zero attached hydrogens (tertiary/aromatic N) is 2. The molecule has 3 rings (SSSR count). The van der Waals surface area contributed by atoms with Crippen LogP contribution in [0.2, 0.25) is 0 Å². The highest BCUT2D eigenvalue weighted by atomic mass is 19.1. The van der Waals surface area contributed by atoms with Crippen LogP contribution < -0.4 is 10.6 Å². The highest BCUT2D eigenvalue weighted by Gasteiger charge is 2.56. The lowest BCUT2D eigenvalue weighted by Gasteiger charge is -2.30. The van der Waals surface area contributed by atoms with Crippen LogP contribution >= 0.6 is 0 Å². The van der Waals surface area contributed by atoms with E-state index in [2.05, 4.69) is 23.3 Å². The fourth-order valence-corrected chi connectivity index (χ4v) is 4.35. The highest BCUT2D eigenvalue weighted by molar-refractivity contribution is 6.07. The van der Waals surface area contributed by atoms with Crippen LogP contribution in [0.25, 0.3) is 0 Å². The number of hydrogen-bond donors (Lipinski definition) is 2. The first-order chi connectivity index (χ1) is 14.0. The van der Waals surface area contributed by atoms with Gasteiger partial charge < -0.3 is 15.5 Å². The minimum Gasteiger partial charge on any atom is -0.355 e. The predicted octanol–water partition coefficient (Wildman–Crippen LogP) is 2.06. The van der Waals surface area contributed by atoms with E-state index in [0.29, 0.717) is 5.69 Å². The maximum Gasteiger partial charge on any atom is 0.247 e. The first-order valence-corrected chi connectivity index (χ1v) is 9.75. The lowest BCUT2D eigenvalue weighted by Crippen LogP contribution is -2.45. The molecule has 0 aliphatic carbocycles. The first-order valence-electron chi connectivity index (χ1n) is 9.75. The third-order valence-corrected chi connectivity index (χ3v) is 5.84. The summed E-state index contributed by atoms with van der Waals surface area (Å²) in [6.07, 6.45) is -0.126. The third-order valence-electron chi connectivity index (χ3n) is 5.84. The van der Waals surface area contributed by atoms with E-state index >= 15 is 0 Å². The molecule has 158 valence electrons. The average Bonchev–Trinajstić information content (AvgIpc) is 3.23. The molecule has 0 bridgehead atoms. The number of fused-ring (bicyclic) bond motifs is 2. The van der Waals surface area contributed by atoms with Crippen molar-refractivity contribution in [3.63, 3.8) is 0 Å². The van der Waals surface area contributed by atoms with Gasteiger partial charge in [-0.2, -0.15) is 5.26 Å². The van der Waals surface area contributed by atoms with E-state index in [0.717, 1.165) is 5.56 Å². The zero-order chi connectivity index (χ0) is 22.3. The lowest BCUT2D eigenvalue weighted by atomic mass is 9.80. The molecule has 0 saturated carbocycles. The van der Waals surface area contributed by atoms with Crippen molar-refractivity contribution >= 4 is 23.4 Å². The van der Waals surface area contributed by atoms with E-state index in [9.17, 15) is 24.0 Å². The molecule has 3 amide bonds. The van der Waals surface area contributed by atoms with Crippen LogP contribution in [0.5, 0.6) is 0 Å². The van der Waals surface area contributed by atoms with Crippen LogP contribution in [-0.4, -0.2) is 47.9 Å². The maximum absolute atomic E-state index is 14.5. The fraction of sp³-hybridized carbons (Fsp3) is 0.455. The summed E-state index contributed by atoms with van der Waals surface area (Å²) in [6, 6.07) is 8.40. The van der Waals surface area contributed by atoms with Gasteiger partial charge in [0.15, 0.2) is 0 Å². The molecule has 2 heterocycles. The normalized spacial score (nSPS) is 23.5. The topological polar surface area (TPSA) is 102 Å². The van der Waals surface area contributed by atoms with Gasteiger partial charge >= 0.3 is 0 Å². The molecule has 0 unspecified atom stereocenters. The molecule has 2 aliphatic heterocycles. The summed E-state index contributed by atoms with van der Waals surface area (Å²) < 4.78 is 14.5. The number of hydrogen-bond acceptors (Lipinski definition) is 4.